The van der Waals surface area contributed by atoms with E-state index in [1.165, 1.54) is 19.3 Å². The first-order valence-corrected chi connectivity index (χ1v) is 9.46. The van der Waals surface area contributed by atoms with Gasteiger partial charge >= 0.3 is 0 Å². The van der Waals surface area contributed by atoms with E-state index in [0.29, 0.717) is 11.6 Å². The van der Waals surface area contributed by atoms with Crippen molar-refractivity contribution in [1.82, 2.24) is 15.6 Å². The molecule has 1 aromatic heterocycles. The minimum atomic E-state index is -0.109. The Bertz CT molecular complexity index is 698. The summed E-state index contributed by atoms with van der Waals surface area (Å²) in [6.07, 6.45) is 7.00. The fourth-order valence-corrected chi connectivity index (χ4v) is 3.48. The molecule has 2 aromatic rings. The molecule has 5 heteroatoms. The molecule has 0 radical (unpaired) electrons. The molecule has 1 unspecified atom stereocenters. The molecule has 1 aromatic carbocycles. The Kier molecular flexibility index (Phi) is 6.75. The van der Waals surface area contributed by atoms with Gasteiger partial charge in [0.1, 0.15) is 0 Å². The van der Waals surface area contributed by atoms with Crippen molar-refractivity contribution in [2.24, 2.45) is 5.92 Å². The first kappa shape index (κ1) is 18.5. The van der Waals surface area contributed by atoms with Crippen LogP contribution in [-0.4, -0.2) is 30.0 Å². The van der Waals surface area contributed by atoms with Crippen LogP contribution in [0.25, 0.3) is 0 Å². The molecule has 1 fully saturated rings. The first-order chi connectivity index (χ1) is 12.7. The van der Waals surface area contributed by atoms with Crippen LogP contribution in [0.15, 0.2) is 48.8 Å². The Morgan fingerprint density at radius 3 is 2.69 bits per heavy atom. The summed E-state index contributed by atoms with van der Waals surface area (Å²) in [4.78, 5) is 16.4. The van der Waals surface area contributed by atoms with E-state index in [1.807, 2.05) is 18.2 Å². The Morgan fingerprint density at radius 1 is 1.19 bits per heavy atom. The van der Waals surface area contributed by atoms with Crippen molar-refractivity contribution in [3.63, 3.8) is 0 Å². The van der Waals surface area contributed by atoms with Gasteiger partial charge < -0.3 is 16.0 Å². The Labute approximate surface area is 155 Å². The molecule has 1 atom stereocenters. The van der Waals surface area contributed by atoms with Gasteiger partial charge in [-0.2, -0.15) is 0 Å². The highest BCUT2D eigenvalue weighted by Gasteiger charge is 2.16. The standard InChI is InChI=1S/C21H28N4O/c1-16(14-17-6-10-22-11-7-17)24-15-19-4-2-3-5-20(19)25-21(26)18-8-12-23-13-9-18/h2-5,8-9,12-13,16-17,22,24H,6-7,10-11,14-15H2,1H3,(H,25,26). The summed E-state index contributed by atoms with van der Waals surface area (Å²) >= 11 is 0. The normalized spacial score (nSPS) is 16.2. The quantitative estimate of drug-likeness (QED) is 0.716. The number of para-hydroxylation sites is 1. The predicted octanol–water partition coefficient (Wildman–Crippen LogP) is 3.20. The molecule has 1 aliphatic rings. The highest BCUT2D eigenvalue weighted by molar-refractivity contribution is 6.04. The van der Waals surface area contributed by atoms with Crippen LogP contribution in [0.1, 0.15) is 42.1 Å². The molecule has 0 bridgehead atoms. The van der Waals surface area contributed by atoms with Gasteiger partial charge in [0, 0.05) is 36.2 Å². The number of nitrogens with one attached hydrogen (secondary N) is 3. The van der Waals surface area contributed by atoms with Crippen LogP contribution in [-0.2, 0) is 6.54 Å². The molecule has 2 heterocycles. The van der Waals surface area contributed by atoms with E-state index in [4.69, 9.17) is 0 Å². The smallest absolute Gasteiger partial charge is 0.255 e. The topological polar surface area (TPSA) is 66.0 Å². The molecule has 1 amide bonds. The van der Waals surface area contributed by atoms with Gasteiger partial charge in [-0.25, -0.2) is 0 Å². The minimum absolute atomic E-state index is 0.109. The SMILES string of the molecule is CC(CC1CCNCC1)NCc1ccccc1NC(=O)c1ccncc1. The molecule has 26 heavy (non-hydrogen) atoms. The van der Waals surface area contributed by atoms with Gasteiger partial charge in [-0.1, -0.05) is 18.2 Å². The van der Waals surface area contributed by atoms with Gasteiger partial charge in [0.25, 0.3) is 5.91 Å². The van der Waals surface area contributed by atoms with Crippen molar-refractivity contribution in [1.29, 1.82) is 0 Å². The van der Waals surface area contributed by atoms with E-state index >= 15 is 0 Å². The maximum atomic E-state index is 12.4. The van der Waals surface area contributed by atoms with Crippen LogP contribution < -0.4 is 16.0 Å². The number of amides is 1. The number of piperidine rings is 1. The number of carbonyl (C=O) groups excluding carboxylic acids is 1. The number of carbonyl (C=O) groups is 1. The van der Waals surface area contributed by atoms with Crippen molar-refractivity contribution in [3.05, 3.63) is 59.9 Å². The zero-order valence-electron chi connectivity index (χ0n) is 15.4. The summed E-state index contributed by atoms with van der Waals surface area (Å²) in [5, 5.41) is 10.1. The molecule has 1 saturated heterocycles. The Morgan fingerprint density at radius 2 is 1.92 bits per heavy atom. The van der Waals surface area contributed by atoms with Gasteiger partial charge in [-0.3, -0.25) is 9.78 Å². The van der Waals surface area contributed by atoms with Crippen LogP contribution >= 0.6 is 0 Å². The molecular formula is C21H28N4O. The predicted molar refractivity (Wildman–Crippen MR) is 105 cm³/mol. The molecule has 0 aliphatic carbocycles. The highest BCUT2D eigenvalue weighted by Crippen LogP contribution is 2.19. The number of rotatable bonds is 7. The number of hydrogen-bond acceptors (Lipinski definition) is 4. The van der Waals surface area contributed by atoms with E-state index < -0.39 is 0 Å². The lowest BCUT2D eigenvalue weighted by Crippen LogP contribution is -2.33. The summed E-state index contributed by atoms with van der Waals surface area (Å²) < 4.78 is 0. The number of nitrogens with zero attached hydrogens (tertiary/aromatic N) is 1. The zero-order chi connectivity index (χ0) is 18.2. The largest absolute Gasteiger partial charge is 0.322 e. The van der Waals surface area contributed by atoms with Gasteiger partial charge in [-0.05, 0) is 69.0 Å². The van der Waals surface area contributed by atoms with Crippen molar-refractivity contribution < 1.29 is 4.79 Å². The molecule has 0 spiro atoms. The minimum Gasteiger partial charge on any atom is -0.322 e. The van der Waals surface area contributed by atoms with E-state index in [1.54, 1.807) is 24.5 Å². The van der Waals surface area contributed by atoms with Crippen LogP contribution in [0.3, 0.4) is 0 Å². The zero-order valence-corrected chi connectivity index (χ0v) is 15.4. The Balaban J connectivity index is 1.55. The maximum Gasteiger partial charge on any atom is 0.255 e. The van der Waals surface area contributed by atoms with Crippen molar-refractivity contribution in [2.45, 2.75) is 38.8 Å². The van der Waals surface area contributed by atoms with Crippen molar-refractivity contribution in [3.8, 4) is 0 Å². The highest BCUT2D eigenvalue weighted by atomic mass is 16.1. The molecule has 1 aliphatic heterocycles. The summed E-state index contributed by atoms with van der Waals surface area (Å²) in [7, 11) is 0. The average molecular weight is 352 g/mol. The molecule has 3 N–H and O–H groups in total. The molecular weight excluding hydrogens is 324 g/mol. The second-order valence-electron chi connectivity index (χ2n) is 7.06. The lowest BCUT2D eigenvalue weighted by atomic mass is 9.91. The van der Waals surface area contributed by atoms with Crippen molar-refractivity contribution >= 4 is 11.6 Å². The van der Waals surface area contributed by atoms with Gasteiger partial charge in [0.15, 0.2) is 0 Å². The third-order valence-electron chi connectivity index (χ3n) is 4.99. The maximum absolute atomic E-state index is 12.4. The van der Waals surface area contributed by atoms with Gasteiger partial charge in [-0.15, -0.1) is 0 Å². The molecule has 3 rings (SSSR count). The first-order valence-electron chi connectivity index (χ1n) is 9.46. The van der Waals surface area contributed by atoms with Crippen LogP contribution in [0.4, 0.5) is 5.69 Å². The monoisotopic (exact) mass is 352 g/mol. The lowest BCUT2D eigenvalue weighted by molar-refractivity contribution is 0.102. The number of anilines is 1. The second kappa shape index (κ2) is 9.46. The molecule has 138 valence electrons. The van der Waals surface area contributed by atoms with E-state index in [2.05, 4.69) is 33.9 Å². The average Bonchev–Trinajstić information content (AvgIpc) is 2.69. The fraction of sp³-hybridized carbons (Fsp3) is 0.429. The van der Waals surface area contributed by atoms with E-state index in [0.717, 1.165) is 36.8 Å². The summed E-state index contributed by atoms with van der Waals surface area (Å²) in [6.45, 7) is 5.28. The summed E-state index contributed by atoms with van der Waals surface area (Å²) in [6, 6.07) is 11.9. The Hall–Kier alpha value is -2.24. The van der Waals surface area contributed by atoms with Crippen LogP contribution in [0.2, 0.25) is 0 Å². The van der Waals surface area contributed by atoms with Crippen molar-refractivity contribution in [2.75, 3.05) is 18.4 Å². The lowest BCUT2D eigenvalue weighted by Gasteiger charge is -2.26. The van der Waals surface area contributed by atoms with Crippen LogP contribution in [0, 0.1) is 5.92 Å². The van der Waals surface area contributed by atoms with Gasteiger partial charge in [0.05, 0.1) is 0 Å². The number of hydrogen-bond donors (Lipinski definition) is 3. The van der Waals surface area contributed by atoms with E-state index in [9.17, 15) is 4.79 Å². The van der Waals surface area contributed by atoms with Crippen LogP contribution in [0.5, 0.6) is 0 Å². The second-order valence-corrected chi connectivity index (χ2v) is 7.06. The fourth-order valence-electron chi connectivity index (χ4n) is 3.48. The van der Waals surface area contributed by atoms with E-state index in [-0.39, 0.29) is 5.91 Å². The summed E-state index contributed by atoms with van der Waals surface area (Å²) in [5.74, 6) is 0.697. The number of aromatic nitrogens is 1. The molecule has 0 saturated carbocycles. The number of benzene rings is 1. The van der Waals surface area contributed by atoms with Gasteiger partial charge in [0.2, 0.25) is 0 Å². The summed E-state index contributed by atoms with van der Waals surface area (Å²) in [5.41, 5.74) is 2.57. The number of pyridine rings is 1. The third kappa shape index (κ3) is 5.38. The molecule has 5 nitrogen and oxygen atoms in total. The third-order valence-corrected chi connectivity index (χ3v) is 4.99.